The molecule has 1 aliphatic rings. The van der Waals surface area contributed by atoms with Crippen molar-refractivity contribution in [2.45, 2.75) is 32.6 Å². The number of rotatable bonds is 3. The molecule has 0 amide bonds. The lowest BCUT2D eigenvalue weighted by molar-refractivity contribution is 0.111. The predicted molar refractivity (Wildman–Crippen MR) is 62.3 cm³/mol. The van der Waals surface area contributed by atoms with Crippen LogP contribution in [0.3, 0.4) is 0 Å². The van der Waals surface area contributed by atoms with Gasteiger partial charge in [-0.05, 0) is 18.1 Å². The van der Waals surface area contributed by atoms with Gasteiger partial charge in [-0.1, -0.05) is 13.8 Å². The molecule has 0 N–H and O–H groups in total. The van der Waals surface area contributed by atoms with Gasteiger partial charge in [0.1, 0.15) is 5.69 Å². The first-order chi connectivity index (χ1) is 7.22. The van der Waals surface area contributed by atoms with Crippen LogP contribution in [0.4, 0.5) is 0 Å². The van der Waals surface area contributed by atoms with Crippen LogP contribution in [0.2, 0.25) is 0 Å². The van der Waals surface area contributed by atoms with E-state index in [1.807, 2.05) is 16.4 Å². The van der Waals surface area contributed by atoms with E-state index in [2.05, 4.69) is 18.9 Å². The summed E-state index contributed by atoms with van der Waals surface area (Å²) in [4.78, 5) is 11.1. The molecular formula is C11H16N2OS. The van der Waals surface area contributed by atoms with Crippen LogP contribution in [0.5, 0.6) is 0 Å². The average molecular weight is 224 g/mol. The van der Waals surface area contributed by atoms with Crippen LogP contribution in [0.25, 0.3) is 0 Å². The summed E-state index contributed by atoms with van der Waals surface area (Å²) < 4.78 is 1.88. The topological polar surface area (TPSA) is 34.9 Å². The Kier molecular flexibility index (Phi) is 3.14. The molecule has 15 heavy (non-hydrogen) atoms. The fourth-order valence-electron chi connectivity index (χ4n) is 1.91. The van der Waals surface area contributed by atoms with Crippen LogP contribution in [-0.4, -0.2) is 21.8 Å². The molecule has 1 aromatic rings. The molecule has 0 bridgehead atoms. The SMILES string of the molecule is CC(C)Cn1nc2c(c1C=O)CCSC2. The molecule has 0 atom stereocenters. The maximum atomic E-state index is 11.1. The van der Waals surface area contributed by atoms with Gasteiger partial charge in [-0.15, -0.1) is 0 Å². The maximum Gasteiger partial charge on any atom is 0.168 e. The Bertz CT molecular complexity index is 371. The second-order valence-corrected chi connectivity index (χ2v) is 5.41. The minimum absolute atomic E-state index is 0.526. The normalized spacial score (nSPS) is 15.4. The molecular weight excluding hydrogens is 208 g/mol. The molecule has 0 radical (unpaired) electrons. The number of aldehydes is 1. The quantitative estimate of drug-likeness (QED) is 0.738. The van der Waals surface area contributed by atoms with Crippen LogP contribution in [0.1, 0.15) is 35.6 Å². The fraction of sp³-hybridized carbons (Fsp3) is 0.636. The van der Waals surface area contributed by atoms with Gasteiger partial charge in [0, 0.05) is 17.9 Å². The van der Waals surface area contributed by atoms with Crippen molar-refractivity contribution in [3.63, 3.8) is 0 Å². The highest BCUT2D eigenvalue weighted by Gasteiger charge is 2.20. The van der Waals surface area contributed by atoms with Crippen molar-refractivity contribution < 1.29 is 4.79 Å². The molecule has 0 aromatic carbocycles. The number of nitrogens with zero attached hydrogens (tertiary/aromatic N) is 2. The first-order valence-corrected chi connectivity index (χ1v) is 6.49. The van der Waals surface area contributed by atoms with Crippen molar-refractivity contribution >= 4 is 18.0 Å². The number of carbonyl (C=O) groups is 1. The van der Waals surface area contributed by atoms with Gasteiger partial charge in [0.25, 0.3) is 0 Å². The molecule has 2 heterocycles. The summed E-state index contributed by atoms with van der Waals surface area (Å²) in [6.07, 6.45) is 1.95. The van der Waals surface area contributed by atoms with E-state index in [9.17, 15) is 4.79 Å². The Balaban J connectivity index is 2.37. The second-order valence-electron chi connectivity index (χ2n) is 4.31. The van der Waals surface area contributed by atoms with E-state index in [-0.39, 0.29) is 0 Å². The first-order valence-electron chi connectivity index (χ1n) is 5.34. The van der Waals surface area contributed by atoms with Gasteiger partial charge in [0.2, 0.25) is 0 Å². The number of thioether (sulfide) groups is 1. The number of fused-ring (bicyclic) bond motifs is 1. The molecule has 0 spiro atoms. The van der Waals surface area contributed by atoms with Gasteiger partial charge < -0.3 is 0 Å². The molecule has 1 aliphatic heterocycles. The molecule has 0 saturated heterocycles. The minimum Gasteiger partial charge on any atom is -0.296 e. The van der Waals surface area contributed by atoms with Crippen molar-refractivity contribution in [3.05, 3.63) is 17.0 Å². The second kappa shape index (κ2) is 4.39. The Hall–Kier alpha value is -0.770. The average Bonchev–Trinajstić information content (AvgIpc) is 2.53. The number of hydrogen-bond acceptors (Lipinski definition) is 3. The zero-order valence-corrected chi connectivity index (χ0v) is 10.0. The first kappa shape index (κ1) is 10.7. The summed E-state index contributed by atoms with van der Waals surface area (Å²) in [5.41, 5.74) is 3.11. The third-order valence-corrected chi connectivity index (χ3v) is 3.53. The molecule has 3 nitrogen and oxygen atoms in total. The molecule has 2 rings (SSSR count). The van der Waals surface area contributed by atoms with E-state index in [1.165, 1.54) is 5.56 Å². The summed E-state index contributed by atoms with van der Waals surface area (Å²) in [6.45, 7) is 5.12. The van der Waals surface area contributed by atoms with Crippen molar-refractivity contribution in [2.24, 2.45) is 5.92 Å². The van der Waals surface area contributed by atoms with E-state index in [1.54, 1.807) is 0 Å². The van der Waals surface area contributed by atoms with Crippen LogP contribution >= 0.6 is 11.8 Å². The highest BCUT2D eigenvalue weighted by Crippen LogP contribution is 2.26. The van der Waals surface area contributed by atoms with E-state index in [0.717, 1.165) is 42.1 Å². The molecule has 82 valence electrons. The lowest BCUT2D eigenvalue weighted by atomic mass is 10.1. The molecule has 4 heteroatoms. The van der Waals surface area contributed by atoms with E-state index in [4.69, 9.17) is 0 Å². The number of aromatic nitrogens is 2. The van der Waals surface area contributed by atoms with Crippen molar-refractivity contribution in [1.82, 2.24) is 9.78 Å². The molecule has 0 aliphatic carbocycles. The maximum absolute atomic E-state index is 11.1. The lowest BCUT2D eigenvalue weighted by Gasteiger charge is -2.08. The van der Waals surface area contributed by atoms with E-state index >= 15 is 0 Å². The Morgan fingerprint density at radius 3 is 3.07 bits per heavy atom. The Labute approximate surface area is 94.2 Å². The van der Waals surface area contributed by atoms with Crippen molar-refractivity contribution in [2.75, 3.05) is 5.75 Å². The third-order valence-electron chi connectivity index (χ3n) is 2.56. The molecule has 0 fully saturated rings. The van der Waals surface area contributed by atoms with Crippen LogP contribution < -0.4 is 0 Å². The van der Waals surface area contributed by atoms with Gasteiger partial charge in [-0.2, -0.15) is 16.9 Å². The standard InChI is InChI=1S/C11H16N2OS/c1-8(2)5-13-11(6-14)9-3-4-15-7-10(9)12-13/h6,8H,3-5,7H2,1-2H3. The van der Waals surface area contributed by atoms with Crippen molar-refractivity contribution in [1.29, 1.82) is 0 Å². The highest BCUT2D eigenvalue weighted by molar-refractivity contribution is 7.98. The van der Waals surface area contributed by atoms with Crippen LogP contribution in [-0.2, 0) is 18.7 Å². The molecule has 0 saturated carbocycles. The summed E-state index contributed by atoms with van der Waals surface area (Å²) in [5.74, 6) is 2.60. The zero-order chi connectivity index (χ0) is 10.8. The van der Waals surface area contributed by atoms with Gasteiger partial charge >= 0.3 is 0 Å². The summed E-state index contributed by atoms with van der Waals surface area (Å²) in [6, 6.07) is 0. The van der Waals surface area contributed by atoms with Gasteiger partial charge in [0.15, 0.2) is 6.29 Å². The smallest absolute Gasteiger partial charge is 0.168 e. The summed E-state index contributed by atoms with van der Waals surface area (Å²) in [5, 5.41) is 4.53. The zero-order valence-electron chi connectivity index (χ0n) is 9.19. The Morgan fingerprint density at radius 1 is 1.60 bits per heavy atom. The summed E-state index contributed by atoms with van der Waals surface area (Å²) in [7, 11) is 0. The van der Waals surface area contributed by atoms with Gasteiger partial charge in [-0.3, -0.25) is 9.48 Å². The largest absolute Gasteiger partial charge is 0.296 e. The van der Waals surface area contributed by atoms with Crippen LogP contribution in [0, 0.1) is 5.92 Å². The Morgan fingerprint density at radius 2 is 2.40 bits per heavy atom. The molecule has 1 aromatic heterocycles. The molecule has 0 unspecified atom stereocenters. The van der Waals surface area contributed by atoms with E-state index in [0.29, 0.717) is 5.92 Å². The summed E-state index contributed by atoms with van der Waals surface area (Å²) >= 11 is 1.90. The van der Waals surface area contributed by atoms with E-state index < -0.39 is 0 Å². The van der Waals surface area contributed by atoms with Gasteiger partial charge in [0.05, 0.1) is 5.69 Å². The predicted octanol–water partition coefficient (Wildman–Crippen LogP) is 2.14. The minimum atomic E-state index is 0.526. The highest BCUT2D eigenvalue weighted by atomic mass is 32.2. The third kappa shape index (κ3) is 2.09. The number of hydrogen-bond donors (Lipinski definition) is 0. The number of carbonyl (C=O) groups excluding carboxylic acids is 1. The lowest BCUT2D eigenvalue weighted by Crippen LogP contribution is -2.10. The van der Waals surface area contributed by atoms with Gasteiger partial charge in [-0.25, -0.2) is 0 Å². The van der Waals surface area contributed by atoms with Crippen LogP contribution in [0.15, 0.2) is 0 Å². The monoisotopic (exact) mass is 224 g/mol. The fourth-order valence-corrected chi connectivity index (χ4v) is 2.83. The van der Waals surface area contributed by atoms with Crippen molar-refractivity contribution in [3.8, 4) is 0 Å².